The molecule has 2 aromatic carbocycles. The van der Waals surface area contributed by atoms with Crippen molar-refractivity contribution >= 4 is 21.6 Å². The maximum absolute atomic E-state index is 13.5. The van der Waals surface area contributed by atoms with E-state index in [9.17, 15) is 8.78 Å². The van der Waals surface area contributed by atoms with E-state index in [0.29, 0.717) is 11.0 Å². The molecular weight excluding hydrogens is 304 g/mol. The van der Waals surface area contributed by atoms with E-state index in [4.69, 9.17) is 5.11 Å². The fourth-order valence-corrected chi connectivity index (χ4v) is 2.06. The van der Waals surface area contributed by atoms with Gasteiger partial charge in [0.1, 0.15) is 17.4 Å². The molecule has 0 bridgehead atoms. The van der Waals surface area contributed by atoms with Crippen molar-refractivity contribution in [3.05, 3.63) is 58.1 Å². The Morgan fingerprint density at radius 2 is 1.78 bits per heavy atom. The Labute approximate surface area is 111 Å². The molecule has 0 atom stereocenters. The number of anilines is 1. The standard InChI is InChI=1S/C13H10BrF2NO/c14-11-5-9(15)6-12(16)13(11)17-7-8-1-3-10(18)4-2-8/h1-6,17-18H,7H2. The van der Waals surface area contributed by atoms with Gasteiger partial charge in [0.05, 0.1) is 5.69 Å². The number of nitrogens with one attached hydrogen (secondary N) is 1. The topological polar surface area (TPSA) is 32.3 Å². The van der Waals surface area contributed by atoms with Crippen molar-refractivity contribution < 1.29 is 13.9 Å². The molecule has 2 rings (SSSR count). The number of aromatic hydroxyl groups is 1. The van der Waals surface area contributed by atoms with Crippen molar-refractivity contribution in [2.24, 2.45) is 0 Å². The molecule has 2 nitrogen and oxygen atoms in total. The van der Waals surface area contributed by atoms with E-state index in [1.807, 2.05) is 0 Å². The molecule has 0 saturated carbocycles. The van der Waals surface area contributed by atoms with Crippen LogP contribution in [-0.4, -0.2) is 5.11 Å². The third-order valence-corrected chi connectivity index (χ3v) is 3.04. The zero-order chi connectivity index (χ0) is 13.1. The van der Waals surface area contributed by atoms with Crippen LogP contribution < -0.4 is 5.32 Å². The zero-order valence-electron chi connectivity index (χ0n) is 9.25. The Balaban J connectivity index is 2.13. The molecule has 0 aliphatic heterocycles. The fraction of sp³-hybridized carbons (Fsp3) is 0.0769. The maximum atomic E-state index is 13.5. The summed E-state index contributed by atoms with van der Waals surface area (Å²) in [7, 11) is 0. The largest absolute Gasteiger partial charge is 0.508 e. The lowest BCUT2D eigenvalue weighted by atomic mass is 10.2. The summed E-state index contributed by atoms with van der Waals surface area (Å²) in [4.78, 5) is 0. The highest BCUT2D eigenvalue weighted by molar-refractivity contribution is 9.10. The highest BCUT2D eigenvalue weighted by Crippen LogP contribution is 2.27. The van der Waals surface area contributed by atoms with Crippen molar-refractivity contribution in [3.63, 3.8) is 0 Å². The van der Waals surface area contributed by atoms with E-state index >= 15 is 0 Å². The van der Waals surface area contributed by atoms with Gasteiger partial charge in [0.2, 0.25) is 0 Å². The summed E-state index contributed by atoms with van der Waals surface area (Å²) in [5.74, 6) is -1.11. The number of benzene rings is 2. The first-order chi connectivity index (χ1) is 8.56. The van der Waals surface area contributed by atoms with Gasteiger partial charge in [0.25, 0.3) is 0 Å². The van der Waals surface area contributed by atoms with Gasteiger partial charge in [-0.3, -0.25) is 0 Å². The predicted molar refractivity (Wildman–Crippen MR) is 69.5 cm³/mol. The Hall–Kier alpha value is -1.62. The molecule has 0 unspecified atom stereocenters. The van der Waals surface area contributed by atoms with E-state index in [0.717, 1.165) is 11.6 Å². The second kappa shape index (κ2) is 5.35. The first-order valence-electron chi connectivity index (χ1n) is 5.22. The summed E-state index contributed by atoms with van der Waals surface area (Å²) in [6.07, 6.45) is 0. The van der Waals surface area contributed by atoms with Gasteiger partial charge in [-0.15, -0.1) is 0 Å². The summed E-state index contributed by atoms with van der Waals surface area (Å²) in [6.45, 7) is 0.376. The monoisotopic (exact) mass is 313 g/mol. The number of phenols is 1. The molecule has 0 aromatic heterocycles. The van der Waals surface area contributed by atoms with Crippen LogP contribution in [0.25, 0.3) is 0 Å². The summed E-state index contributed by atoms with van der Waals surface area (Å²) in [5, 5.41) is 12.0. The van der Waals surface area contributed by atoms with Crippen molar-refractivity contribution in [1.29, 1.82) is 0 Å². The third kappa shape index (κ3) is 2.98. The Bertz CT molecular complexity index is 534. The number of rotatable bonds is 3. The number of phenolic OH excluding ortho intramolecular Hbond substituents is 1. The number of hydrogen-bond acceptors (Lipinski definition) is 2. The van der Waals surface area contributed by atoms with Gasteiger partial charge in [-0.1, -0.05) is 12.1 Å². The van der Waals surface area contributed by atoms with Crippen molar-refractivity contribution in [3.8, 4) is 5.75 Å². The molecule has 5 heteroatoms. The fourth-order valence-electron chi connectivity index (χ4n) is 1.52. The second-order valence-electron chi connectivity index (χ2n) is 3.76. The average Bonchev–Trinajstić information content (AvgIpc) is 2.30. The molecule has 0 heterocycles. The first kappa shape index (κ1) is 12.8. The predicted octanol–water partition coefficient (Wildman–Crippen LogP) is 4.05. The number of halogens is 3. The molecule has 0 aliphatic carbocycles. The van der Waals surface area contributed by atoms with Gasteiger partial charge in [-0.05, 0) is 39.7 Å². The van der Waals surface area contributed by atoms with Gasteiger partial charge in [-0.25, -0.2) is 8.78 Å². The first-order valence-corrected chi connectivity index (χ1v) is 6.02. The minimum absolute atomic E-state index is 0.174. The molecule has 2 aromatic rings. The molecule has 0 amide bonds. The smallest absolute Gasteiger partial charge is 0.150 e. The molecule has 0 fully saturated rings. The molecule has 2 N–H and O–H groups in total. The molecular formula is C13H10BrF2NO. The Kier molecular flexibility index (Phi) is 3.81. The Morgan fingerprint density at radius 1 is 1.11 bits per heavy atom. The summed E-state index contributed by atoms with van der Waals surface area (Å²) >= 11 is 3.10. The molecule has 0 aliphatic rings. The lowest BCUT2D eigenvalue weighted by Gasteiger charge is -2.10. The van der Waals surface area contributed by atoms with E-state index in [1.165, 1.54) is 6.07 Å². The lowest BCUT2D eigenvalue weighted by molar-refractivity contribution is 0.475. The van der Waals surface area contributed by atoms with Crippen LogP contribution >= 0.6 is 15.9 Å². The molecule has 94 valence electrons. The van der Waals surface area contributed by atoms with E-state index in [-0.39, 0.29) is 11.4 Å². The van der Waals surface area contributed by atoms with E-state index in [2.05, 4.69) is 21.2 Å². The van der Waals surface area contributed by atoms with Gasteiger partial charge >= 0.3 is 0 Å². The minimum Gasteiger partial charge on any atom is -0.508 e. The second-order valence-corrected chi connectivity index (χ2v) is 4.62. The van der Waals surface area contributed by atoms with Gasteiger partial charge in [0.15, 0.2) is 0 Å². The van der Waals surface area contributed by atoms with Crippen LogP contribution in [0, 0.1) is 11.6 Å². The lowest BCUT2D eigenvalue weighted by Crippen LogP contribution is -2.02. The minimum atomic E-state index is -0.652. The van der Waals surface area contributed by atoms with Crippen molar-refractivity contribution in [2.75, 3.05) is 5.32 Å². The quantitative estimate of drug-likeness (QED) is 0.896. The van der Waals surface area contributed by atoms with Crippen molar-refractivity contribution in [2.45, 2.75) is 6.54 Å². The summed E-state index contributed by atoms with van der Waals surface area (Å²) < 4.78 is 26.7. The van der Waals surface area contributed by atoms with Crippen LogP contribution in [0.3, 0.4) is 0 Å². The number of hydrogen-bond donors (Lipinski definition) is 2. The molecule has 0 saturated heterocycles. The SMILES string of the molecule is Oc1ccc(CNc2c(F)cc(F)cc2Br)cc1. The third-order valence-electron chi connectivity index (χ3n) is 2.41. The van der Waals surface area contributed by atoms with Crippen LogP contribution in [0.5, 0.6) is 5.75 Å². The molecule has 18 heavy (non-hydrogen) atoms. The highest BCUT2D eigenvalue weighted by atomic mass is 79.9. The zero-order valence-corrected chi connectivity index (χ0v) is 10.8. The van der Waals surface area contributed by atoms with Crippen LogP contribution in [0.4, 0.5) is 14.5 Å². The van der Waals surface area contributed by atoms with Gasteiger partial charge < -0.3 is 10.4 Å². The maximum Gasteiger partial charge on any atom is 0.150 e. The summed E-state index contributed by atoms with van der Waals surface area (Å²) in [5.41, 5.74) is 1.09. The normalized spacial score (nSPS) is 10.4. The average molecular weight is 314 g/mol. The van der Waals surface area contributed by atoms with Crippen LogP contribution in [0.2, 0.25) is 0 Å². The van der Waals surface area contributed by atoms with Crippen LogP contribution in [0.15, 0.2) is 40.9 Å². The highest BCUT2D eigenvalue weighted by Gasteiger charge is 2.09. The van der Waals surface area contributed by atoms with Crippen LogP contribution in [-0.2, 0) is 6.54 Å². The summed E-state index contributed by atoms with van der Waals surface area (Å²) in [6, 6.07) is 8.56. The molecule has 0 spiro atoms. The Morgan fingerprint density at radius 3 is 2.39 bits per heavy atom. The van der Waals surface area contributed by atoms with Crippen molar-refractivity contribution in [1.82, 2.24) is 0 Å². The van der Waals surface area contributed by atoms with Gasteiger partial charge in [-0.2, -0.15) is 0 Å². The van der Waals surface area contributed by atoms with E-state index < -0.39 is 11.6 Å². The molecule has 0 radical (unpaired) electrons. The van der Waals surface area contributed by atoms with E-state index in [1.54, 1.807) is 24.3 Å². The van der Waals surface area contributed by atoms with Crippen LogP contribution in [0.1, 0.15) is 5.56 Å². The van der Waals surface area contributed by atoms with Gasteiger partial charge in [0, 0.05) is 17.1 Å².